The summed E-state index contributed by atoms with van der Waals surface area (Å²) in [5.74, 6) is -1.05. The van der Waals surface area contributed by atoms with Crippen molar-refractivity contribution in [3.05, 3.63) is 16.4 Å². The summed E-state index contributed by atoms with van der Waals surface area (Å²) in [4.78, 5) is 10.7. The minimum atomic E-state index is -1.05. The smallest absolute Gasteiger partial charge is 0.322 e. The molecule has 1 aromatic rings. The minimum Gasteiger partial charge on any atom is -0.480 e. The second-order valence-electron chi connectivity index (χ2n) is 3.53. The molecule has 0 bridgehead atoms. The Balaban J connectivity index is 3.06. The highest BCUT2D eigenvalue weighted by molar-refractivity contribution is 6.31. The van der Waals surface area contributed by atoms with E-state index in [2.05, 4.69) is 5.10 Å². The van der Waals surface area contributed by atoms with Crippen molar-refractivity contribution in [1.29, 1.82) is 0 Å². The number of halogens is 1. The summed E-state index contributed by atoms with van der Waals surface area (Å²) in [5, 5.41) is 13.5. The van der Waals surface area contributed by atoms with Crippen LogP contribution in [-0.2, 0) is 4.79 Å². The average molecular weight is 232 g/mol. The maximum atomic E-state index is 10.7. The lowest BCUT2D eigenvalue weighted by atomic mass is 10.1. The van der Waals surface area contributed by atoms with Crippen LogP contribution < -0.4 is 5.73 Å². The van der Waals surface area contributed by atoms with E-state index in [1.165, 1.54) is 0 Å². The van der Waals surface area contributed by atoms with Crippen molar-refractivity contribution in [1.82, 2.24) is 9.78 Å². The van der Waals surface area contributed by atoms with Gasteiger partial charge in [0, 0.05) is 0 Å². The number of aliphatic carboxylic acids is 1. The normalized spacial score (nSPS) is 15.0. The number of hydrogen-bond donors (Lipinski definition) is 2. The van der Waals surface area contributed by atoms with Crippen LogP contribution in [0.5, 0.6) is 0 Å². The lowest BCUT2D eigenvalue weighted by molar-refractivity contribution is -0.139. The molecule has 15 heavy (non-hydrogen) atoms. The number of carboxylic acids is 1. The Morgan fingerprint density at radius 3 is 2.47 bits per heavy atom. The van der Waals surface area contributed by atoms with Crippen LogP contribution in [0.25, 0.3) is 0 Å². The number of nitrogens with two attached hydrogens (primary N) is 1. The first kappa shape index (κ1) is 12.0. The Bertz CT molecular complexity index is 389. The molecule has 1 rings (SSSR count). The third-order valence-electron chi connectivity index (χ3n) is 2.43. The standard InChI is InChI=1S/C9H14ClN3O2/c1-4-7(10)5(2)13(12-4)6(3)8(11)9(14)15/h6,8H,11H2,1-3H3,(H,14,15). The van der Waals surface area contributed by atoms with Crippen LogP contribution in [0.1, 0.15) is 24.4 Å². The molecule has 0 amide bonds. The van der Waals surface area contributed by atoms with Crippen LogP contribution in [0.2, 0.25) is 5.02 Å². The zero-order valence-corrected chi connectivity index (χ0v) is 9.62. The Hall–Kier alpha value is -1.07. The number of carbonyl (C=O) groups is 1. The van der Waals surface area contributed by atoms with Gasteiger partial charge in [-0.05, 0) is 20.8 Å². The Morgan fingerprint density at radius 2 is 2.13 bits per heavy atom. The zero-order chi connectivity index (χ0) is 11.7. The first-order valence-corrected chi connectivity index (χ1v) is 4.93. The van der Waals surface area contributed by atoms with Crippen molar-refractivity contribution in [2.45, 2.75) is 32.9 Å². The fourth-order valence-corrected chi connectivity index (χ4v) is 1.52. The highest BCUT2D eigenvalue weighted by Crippen LogP contribution is 2.23. The monoisotopic (exact) mass is 231 g/mol. The molecule has 0 fully saturated rings. The maximum absolute atomic E-state index is 10.7. The van der Waals surface area contributed by atoms with Crippen molar-refractivity contribution in [2.24, 2.45) is 5.73 Å². The summed E-state index contributed by atoms with van der Waals surface area (Å²) in [5.41, 5.74) is 6.93. The second kappa shape index (κ2) is 4.20. The number of aromatic nitrogens is 2. The van der Waals surface area contributed by atoms with E-state index in [1.54, 1.807) is 25.5 Å². The number of carboxylic acid groups (broad SMARTS) is 1. The van der Waals surface area contributed by atoms with Crippen molar-refractivity contribution in [3.8, 4) is 0 Å². The van der Waals surface area contributed by atoms with Crippen LogP contribution in [0.4, 0.5) is 0 Å². The van der Waals surface area contributed by atoms with Gasteiger partial charge in [0.25, 0.3) is 0 Å². The molecule has 2 unspecified atom stereocenters. The van der Waals surface area contributed by atoms with Crippen LogP contribution in [0, 0.1) is 13.8 Å². The topological polar surface area (TPSA) is 81.1 Å². The van der Waals surface area contributed by atoms with Gasteiger partial charge in [0.2, 0.25) is 0 Å². The van der Waals surface area contributed by atoms with Crippen LogP contribution in [0.3, 0.4) is 0 Å². The largest absolute Gasteiger partial charge is 0.480 e. The molecule has 0 aromatic carbocycles. The SMILES string of the molecule is Cc1nn(C(C)C(N)C(=O)O)c(C)c1Cl. The highest BCUT2D eigenvalue weighted by Gasteiger charge is 2.24. The van der Waals surface area contributed by atoms with E-state index in [0.717, 1.165) is 5.69 Å². The molecule has 1 heterocycles. The van der Waals surface area contributed by atoms with E-state index in [9.17, 15) is 4.79 Å². The van der Waals surface area contributed by atoms with Gasteiger partial charge in [0.15, 0.2) is 0 Å². The number of hydrogen-bond acceptors (Lipinski definition) is 3. The molecule has 0 aliphatic rings. The van der Waals surface area contributed by atoms with E-state index >= 15 is 0 Å². The third kappa shape index (κ3) is 2.13. The van der Waals surface area contributed by atoms with Crippen LogP contribution in [0.15, 0.2) is 0 Å². The summed E-state index contributed by atoms with van der Waals surface area (Å²) >= 11 is 5.96. The maximum Gasteiger partial charge on any atom is 0.322 e. The Labute approximate surface area is 92.8 Å². The molecule has 5 nitrogen and oxygen atoms in total. The molecule has 0 saturated heterocycles. The van der Waals surface area contributed by atoms with Gasteiger partial charge in [-0.25, -0.2) is 0 Å². The van der Waals surface area contributed by atoms with E-state index in [0.29, 0.717) is 10.7 Å². The molecule has 0 aliphatic carbocycles. The first-order valence-electron chi connectivity index (χ1n) is 4.55. The molecule has 84 valence electrons. The fraction of sp³-hybridized carbons (Fsp3) is 0.556. The number of rotatable bonds is 3. The van der Waals surface area contributed by atoms with Crippen molar-refractivity contribution in [2.75, 3.05) is 0 Å². The Kier molecular flexibility index (Phi) is 3.36. The predicted molar refractivity (Wildman–Crippen MR) is 57.0 cm³/mol. The van der Waals surface area contributed by atoms with E-state index in [1.807, 2.05) is 0 Å². The van der Waals surface area contributed by atoms with Gasteiger partial charge in [-0.1, -0.05) is 11.6 Å². The zero-order valence-electron chi connectivity index (χ0n) is 8.86. The summed E-state index contributed by atoms with van der Waals surface area (Å²) in [6.07, 6.45) is 0. The Morgan fingerprint density at radius 1 is 1.60 bits per heavy atom. The number of aryl methyl sites for hydroxylation is 1. The molecular weight excluding hydrogens is 218 g/mol. The molecule has 2 atom stereocenters. The summed E-state index contributed by atoms with van der Waals surface area (Å²) in [6, 6.07) is -1.41. The molecule has 6 heteroatoms. The molecule has 3 N–H and O–H groups in total. The molecule has 0 saturated carbocycles. The summed E-state index contributed by atoms with van der Waals surface area (Å²) < 4.78 is 1.55. The van der Waals surface area contributed by atoms with Gasteiger partial charge in [-0.15, -0.1) is 0 Å². The molecule has 0 radical (unpaired) electrons. The van der Waals surface area contributed by atoms with E-state index in [-0.39, 0.29) is 0 Å². The van der Waals surface area contributed by atoms with Gasteiger partial charge < -0.3 is 10.8 Å². The van der Waals surface area contributed by atoms with Gasteiger partial charge >= 0.3 is 5.97 Å². The van der Waals surface area contributed by atoms with Crippen molar-refractivity contribution >= 4 is 17.6 Å². The van der Waals surface area contributed by atoms with Gasteiger partial charge in [0.05, 0.1) is 22.5 Å². The minimum absolute atomic E-state index is 0.423. The first-order chi connectivity index (χ1) is 6.86. The quantitative estimate of drug-likeness (QED) is 0.817. The van der Waals surface area contributed by atoms with Gasteiger partial charge in [0.1, 0.15) is 6.04 Å². The van der Waals surface area contributed by atoms with E-state index in [4.69, 9.17) is 22.4 Å². The molecule has 1 aromatic heterocycles. The average Bonchev–Trinajstić information content (AvgIpc) is 2.43. The second-order valence-corrected chi connectivity index (χ2v) is 3.91. The highest BCUT2D eigenvalue weighted by atomic mass is 35.5. The van der Waals surface area contributed by atoms with Gasteiger partial charge in [-0.3, -0.25) is 9.48 Å². The van der Waals surface area contributed by atoms with Crippen LogP contribution >= 0.6 is 11.6 Å². The summed E-state index contributed by atoms with van der Waals surface area (Å²) in [7, 11) is 0. The van der Waals surface area contributed by atoms with Crippen molar-refractivity contribution < 1.29 is 9.90 Å². The molecule has 0 spiro atoms. The van der Waals surface area contributed by atoms with Gasteiger partial charge in [-0.2, -0.15) is 5.10 Å². The third-order valence-corrected chi connectivity index (χ3v) is 2.97. The van der Waals surface area contributed by atoms with Crippen LogP contribution in [-0.4, -0.2) is 26.9 Å². The lowest BCUT2D eigenvalue weighted by Crippen LogP contribution is -2.38. The van der Waals surface area contributed by atoms with Crippen molar-refractivity contribution in [3.63, 3.8) is 0 Å². The van der Waals surface area contributed by atoms with E-state index < -0.39 is 18.1 Å². The number of nitrogens with zero attached hydrogens (tertiary/aromatic N) is 2. The summed E-state index contributed by atoms with van der Waals surface area (Å²) in [6.45, 7) is 5.26. The predicted octanol–water partition coefficient (Wildman–Crippen LogP) is 1.13. The molecule has 0 aliphatic heterocycles. The molecular formula is C9H14ClN3O2. The fourth-order valence-electron chi connectivity index (χ4n) is 1.40. The lowest BCUT2D eigenvalue weighted by Gasteiger charge is -2.17.